The summed E-state index contributed by atoms with van der Waals surface area (Å²) in [6.07, 6.45) is 39.0. The van der Waals surface area contributed by atoms with Crippen LogP contribution in [0.1, 0.15) is 331 Å². The smallest absolute Gasteiger partial charge is 0.462 e. The Morgan fingerprint density at radius 1 is 0.287 bits per heavy atom. The molecule has 0 aliphatic rings. The molecule has 0 radical (unpaired) electrons. The summed E-state index contributed by atoms with van der Waals surface area (Å²) in [4.78, 5) is 72.4. The normalized spacial score (nSPS) is 14.3. The fourth-order valence-corrected chi connectivity index (χ4v) is 11.7. The van der Waals surface area contributed by atoms with Crippen molar-refractivity contribution in [2.75, 3.05) is 39.6 Å². The van der Waals surface area contributed by atoms with Gasteiger partial charge in [-0.2, -0.15) is 0 Å². The number of aliphatic hydroxyl groups excluding tert-OH is 1. The third kappa shape index (κ3) is 62.6. The molecule has 3 unspecified atom stereocenters. The molecule has 516 valence electrons. The maximum Gasteiger partial charge on any atom is 0.472 e. The van der Waals surface area contributed by atoms with Gasteiger partial charge in [-0.05, 0) is 49.4 Å². The first-order valence-electron chi connectivity index (χ1n) is 35.2. The number of carbonyl (C=O) groups excluding carboxylic acids is 4. The molecule has 17 nitrogen and oxygen atoms in total. The van der Waals surface area contributed by atoms with Gasteiger partial charge >= 0.3 is 39.5 Å². The highest BCUT2D eigenvalue weighted by Crippen LogP contribution is 2.45. The maximum absolute atomic E-state index is 13.0. The molecule has 87 heavy (non-hydrogen) atoms. The summed E-state index contributed by atoms with van der Waals surface area (Å²) in [7, 11) is -9.90. The third-order valence-electron chi connectivity index (χ3n) is 15.6. The van der Waals surface area contributed by atoms with E-state index in [0.29, 0.717) is 25.7 Å². The molecule has 0 bridgehead atoms. The predicted octanol–water partition coefficient (Wildman–Crippen LogP) is 18.9. The number of carbonyl (C=O) groups is 4. The van der Waals surface area contributed by atoms with E-state index in [-0.39, 0.29) is 25.7 Å². The molecule has 0 aromatic carbocycles. The molecule has 0 amide bonds. The summed E-state index contributed by atoms with van der Waals surface area (Å²) in [6, 6.07) is 0. The van der Waals surface area contributed by atoms with Crippen LogP contribution in [0.4, 0.5) is 0 Å². The van der Waals surface area contributed by atoms with Crippen molar-refractivity contribution < 1.29 is 80.2 Å². The number of ether oxygens (including phenoxy) is 4. The predicted molar refractivity (Wildman–Crippen MR) is 349 cm³/mol. The second-order valence-corrected chi connectivity index (χ2v) is 29.4. The minimum Gasteiger partial charge on any atom is -0.462 e. The van der Waals surface area contributed by atoms with Gasteiger partial charge in [-0.25, -0.2) is 9.13 Å². The van der Waals surface area contributed by atoms with Gasteiger partial charge < -0.3 is 33.8 Å². The van der Waals surface area contributed by atoms with Crippen molar-refractivity contribution in [1.29, 1.82) is 0 Å². The molecular formula is C68H132O17P2. The summed E-state index contributed by atoms with van der Waals surface area (Å²) in [5, 5.41) is 10.6. The lowest BCUT2D eigenvalue weighted by molar-refractivity contribution is -0.161. The van der Waals surface area contributed by atoms with Crippen LogP contribution in [0.15, 0.2) is 0 Å². The molecule has 0 saturated heterocycles. The summed E-state index contributed by atoms with van der Waals surface area (Å²) in [5.74, 6) is 0.810. The van der Waals surface area contributed by atoms with Gasteiger partial charge in [-0.3, -0.25) is 37.3 Å². The van der Waals surface area contributed by atoms with Crippen LogP contribution in [0.3, 0.4) is 0 Å². The Kier molecular flexibility index (Phi) is 56.6. The first kappa shape index (κ1) is 85.1. The third-order valence-corrected chi connectivity index (χ3v) is 17.5. The van der Waals surface area contributed by atoms with Crippen LogP contribution >= 0.6 is 15.6 Å². The van der Waals surface area contributed by atoms with Gasteiger partial charge in [0, 0.05) is 25.7 Å². The van der Waals surface area contributed by atoms with Crippen molar-refractivity contribution in [2.24, 2.45) is 23.7 Å². The van der Waals surface area contributed by atoms with Crippen LogP contribution in [0.2, 0.25) is 0 Å². The van der Waals surface area contributed by atoms with Gasteiger partial charge in [0.25, 0.3) is 0 Å². The van der Waals surface area contributed by atoms with E-state index >= 15 is 0 Å². The molecule has 0 aromatic rings. The van der Waals surface area contributed by atoms with Crippen LogP contribution < -0.4 is 0 Å². The Morgan fingerprint density at radius 2 is 0.483 bits per heavy atom. The number of unbranched alkanes of at least 4 members (excludes halogenated alkanes) is 31. The number of hydrogen-bond donors (Lipinski definition) is 3. The molecule has 0 heterocycles. The van der Waals surface area contributed by atoms with E-state index in [1.54, 1.807) is 0 Å². The fraction of sp³-hybridized carbons (Fsp3) is 0.941. The second kappa shape index (κ2) is 57.9. The Hall–Kier alpha value is -1.94. The zero-order valence-electron chi connectivity index (χ0n) is 56.6. The zero-order valence-corrected chi connectivity index (χ0v) is 58.4. The summed E-state index contributed by atoms with van der Waals surface area (Å²) >= 11 is 0. The van der Waals surface area contributed by atoms with E-state index in [4.69, 9.17) is 37.0 Å². The lowest BCUT2D eigenvalue weighted by atomic mass is 10.0. The number of hydrogen-bond acceptors (Lipinski definition) is 15. The van der Waals surface area contributed by atoms with Gasteiger partial charge in [0.1, 0.15) is 19.3 Å². The standard InChI is InChI=1S/C68H132O17P2/c1-58(2)44-36-28-20-12-9-15-24-32-40-48-65(70)78-54-63(84-67(72)50-42-34-26-16-10-13-21-29-37-45-59(3)4)56-82-86(74,75)80-52-62(69)53-81-87(76,77)83-57-64(55-79-66(71)49-41-33-25-19-18-23-31-39-47-61(7)8)85-68(73)51-43-35-27-17-11-14-22-30-38-46-60(5)6/h58-64,69H,9-57H2,1-8H3,(H,74,75)(H,76,77)/t62?,63-,64-/m1/s1. The Bertz CT molecular complexity index is 1730. The highest BCUT2D eigenvalue weighted by Gasteiger charge is 2.30. The van der Waals surface area contributed by atoms with Gasteiger partial charge in [0.2, 0.25) is 0 Å². The fourth-order valence-electron chi connectivity index (χ4n) is 10.1. The highest BCUT2D eigenvalue weighted by atomic mass is 31.2. The molecule has 19 heteroatoms. The van der Waals surface area contributed by atoms with Crippen molar-refractivity contribution in [3.05, 3.63) is 0 Å². The molecule has 0 aromatic heterocycles. The summed E-state index contributed by atoms with van der Waals surface area (Å²) in [5.41, 5.74) is 0. The summed E-state index contributed by atoms with van der Waals surface area (Å²) in [6.45, 7) is 14.0. The number of phosphoric ester groups is 2. The first-order valence-corrected chi connectivity index (χ1v) is 38.2. The monoisotopic (exact) mass is 1280 g/mol. The van der Waals surface area contributed by atoms with Crippen LogP contribution in [-0.4, -0.2) is 96.7 Å². The average Bonchev–Trinajstić information content (AvgIpc) is 3.60. The molecule has 0 fully saturated rings. The lowest BCUT2D eigenvalue weighted by Crippen LogP contribution is -2.30. The molecule has 0 spiro atoms. The van der Waals surface area contributed by atoms with Crippen molar-refractivity contribution in [3.8, 4) is 0 Å². The van der Waals surface area contributed by atoms with Crippen molar-refractivity contribution in [3.63, 3.8) is 0 Å². The minimum atomic E-state index is -4.95. The van der Waals surface area contributed by atoms with E-state index in [1.807, 2.05) is 0 Å². The topological polar surface area (TPSA) is 237 Å². The van der Waals surface area contributed by atoms with E-state index in [2.05, 4.69) is 55.4 Å². The second-order valence-electron chi connectivity index (χ2n) is 26.5. The Morgan fingerprint density at radius 3 is 0.713 bits per heavy atom. The summed E-state index contributed by atoms with van der Waals surface area (Å²) < 4.78 is 68.2. The van der Waals surface area contributed by atoms with Crippen molar-refractivity contribution >= 4 is 39.5 Å². The average molecular weight is 1280 g/mol. The van der Waals surface area contributed by atoms with Crippen molar-refractivity contribution in [1.82, 2.24) is 0 Å². The molecule has 0 rings (SSSR count). The number of esters is 4. The van der Waals surface area contributed by atoms with Crippen LogP contribution in [0, 0.1) is 23.7 Å². The van der Waals surface area contributed by atoms with Gasteiger partial charge in [0.05, 0.1) is 26.4 Å². The highest BCUT2D eigenvalue weighted by molar-refractivity contribution is 7.47. The van der Waals surface area contributed by atoms with E-state index < -0.39 is 97.5 Å². The van der Waals surface area contributed by atoms with E-state index in [9.17, 15) is 43.2 Å². The van der Waals surface area contributed by atoms with Crippen LogP contribution in [0.25, 0.3) is 0 Å². The zero-order chi connectivity index (χ0) is 64.7. The molecule has 5 atom stereocenters. The van der Waals surface area contributed by atoms with Gasteiger partial charge in [0.15, 0.2) is 12.2 Å². The molecular weight excluding hydrogens is 1150 g/mol. The number of aliphatic hydroxyl groups is 1. The van der Waals surface area contributed by atoms with E-state index in [1.165, 1.54) is 135 Å². The minimum absolute atomic E-state index is 0.104. The van der Waals surface area contributed by atoms with Gasteiger partial charge in [-0.15, -0.1) is 0 Å². The quantitative estimate of drug-likeness (QED) is 0.0222. The Balaban J connectivity index is 5.27. The molecule has 0 aliphatic heterocycles. The SMILES string of the molecule is CC(C)CCCCCCCCCCCC(=O)OC[C@H](COP(=O)(O)OCC(O)COP(=O)(O)OC[C@@H](COC(=O)CCCCCCCCCCC(C)C)OC(=O)CCCCCCCCCCCC(C)C)OC(=O)CCCCCCCCCCCC(C)C. The van der Waals surface area contributed by atoms with E-state index in [0.717, 1.165) is 114 Å². The Labute approximate surface area is 530 Å². The largest absolute Gasteiger partial charge is 0.472 e. The van der Waals surface area contributed by atoms with Crippen molar-refractivity contribution in [2.45, 2.75) is 350 Å². The number of phosphoric acid groups is 2. The molecule has 0 saturated carbocycles. The molecule has 0 aliphatic carbocycles. The van der Waals surface area contributed by atoms with Gasteiger partial charge in [-0.1, -0.05) is 280 Å². The van der Waals surface area contributed by atoms with Crippen LogP contribution in [0.5, 0.6) is 0 Å². The van der Waals surface area contributed by atoms with Crippen LogP contribution in [-0.2, 0) is 65.4 Å². The number of rotatable bonds is 65. The maximum atomic E-state index is 13.0. The lowest BCUT2D eigenvalue weighted by Gasteiger charge is -2.21. The molecule has 3 N–H and O–H groups in total. The first-order chi connectivity index (χ1) is 41.6.